The van der Waals surface area contributed by atoms with Gasteiger partial charge in [-0.15, -0.1) is 23.2 Å². The first-order valence-corrected chi connectivity index (χ1v) is 46.5. The van der Waals surface area contributed by atoms with Gasteiger partial charge in [-0.05, 0) is 252 Å². The highest BCUT2D eigenvalue weighted by atomic mass is 35.5. The largest absolute Gasteiger partial charge is 0.462 e. The van der Waals surface area contributed by atoms with Crippen LogP contribution >= 0.6 is 23.2 Å². The summed E-state index contributed by atoms with van der Waals surface area (Å²) < 4.78 is 36.1. The van der Waals surface area contributed by atoms with Gasteiger partial charge in [0.25, 0.3) is 0 Å². The number of esters is 4. The normalized spacial score (nSPS) is 50.2. The Labute approximate surface area is 706 Å². The molecule has 0 amide bonds. The monoisotopic (exact) mass is 1660 g/mol. The summed E-state index contributed by atoms with van der Waals surface area (Å²) in [4.78, 5) is 129. The summed E-state index contributed by atoms with van der Waals surface area (Å²) in [6.45, 7) is 43.2. The average Bonchev–Trinajstić information content (AvgIpc) is 1.48. The van der Waals surface area contributed by atoms with Crippen LogP contribution in [0.3, 0.4) is 0 Å². The Bertz CT molecular complexity index is 4030. The molecule has 19 heteroatoms. The van der Waals surface area contributed by atoms with Crippen molar-refractivity contribution >= 4 is 81.8 Å². The molecule has 117 heavy (non-hydrogen) atoms. The van der Waals surface area contributed by atoms with Crippen LogP contribution in [0.15, 0.2) is 48.6 Å². The lowest BCUT2D eigenvalue weighted by Gasteiger charge is -2.61. The van der Waals surface area contributed by atoms with Crippen LogP contribution in [0.5, 0.6) is 0 Å². The fourth-order valence-electron chi connectivity index (χ4n) is 33.7. The summed E-state index contributed by atoms with van der Waals surface area (Å²) in [6, 6.07) is 0. The summed E-state index contributed by atoms with van der Waals surface area (Å²) in [7, 11) is 0. The van der Waals surface area contributed by atoms with Gasteiger partial charge in [-0.3, -0.25) is 47.9 Å². The fourth-order valence-corrected chi connectivity index (χ4v) is 34.6. The van der Waals surface area contributed by atoms with Crippen LogP contribution in [0, 0.1) is 183 Å². The van der Waals surface area contributed by atoms with E-state index in [0.29, 0.717) is 66.9 Å². The molecule has 0 radical (unpaired) electrons. The zero-order chi connectivity index (χ0) is 85.1. The van der Waals surface area contributed by atoms with Crippen LogP contribution in [0.1, 0.15) is 247 Å². The molecule has 2 saturated heterocycles. The van der Waals surface area contributed by atoms with Crippen LogP contribution < -0.4 is 0 Å². The maximum absolute atomic E-state index is 14.0. The number of alkyl halides is 2. The van der Waals surface area contributed by atoms with Gasteiger partial charge >= 0.3 is 23.9 Å². The topological polar surface area (TPSA) is 246 Å². The first-order valence-electron chi connectivity index (χ1n) is 45.5. The molecule has 0 aromatic rings. The minimum Gasteiger partial charge on any atom is -0.462 e. The highest BCUT2D eigenvalue weighted by molar-refractivity contribution is 6.18. The Kier molecular flexibility index (Phi) is 22.2. The summed E-state index contributed by atoms with van der Waals surface area (Å²) in [5, 5.41) is 9.69. The molecule has 15 aliphatic carbocycles. The molecule has 2 heterocycles. The molecular weight excluding hydrogens is 1520 g/mol. The van der Waals surface area contributed by atoms with Gasteiger partial charge in [0.15, 0.2) is 40.8 Å². The number of hydrogen-bond donors (Lipinski definition) is 1. The molecule has 646 valence electrons. The van der Waals surface area contributed by atoms with Gasteiger partial charge < -0.3 is 33.5 Å². The molecule has 0 bridgehead atoms. The van der Waals surface area contributed by atoms with Gasteiger partial charge in [0.05, 0.1) is 13.2 Å². The Hall–Kier alpha value is -4.68. The highest BCUT2D eigenvalue weighted by Crippen LogP contribution is 2.91. The Balaban J connectivity index is 0.000000138. The lowest BCUT2D eigenvalue weighted by atomic mass is 9.43. The number of rotatable bonds is 18. The number of carbonyl (C=O) groups excluding carboxylic acids is 10. The van der Waals surface area contributed by atoms with E-state index in [9.17, 15) is 53.1 Å². The molecule has 17 nitrogen and oxygen atoms in total. The summed E-state index contributed by atoms with van der Waals surface area (Å²) >= 11 is 12.6. The Morgan fingerprint density at radius 2 is 0.795 bits per heavy atom. The Morgan fingerprint density at radius 3 is 1.09 bits per heavy atom. The second-order valence-electron chi connectivity index (χ2n) is 43.9. The van der Waals surface area contributed by atoms with E-state index in [1.54, 1.807) is 6.92 Å². The zero-order valence-corrected chi connectivity index (χ0v) is 75.2. The standard InChI is InChI=1S/C34H48O7.2C32H45ClO5/c1-18(16-35)19(2)29(39)30(41-23(6)37)21(4)28-26(40-22(5)36)15-32(8)27-10-9-24-20(3)25(38)11-12-33(24)17-34(27,33)14-13-31(28,32)7;2*1-17-15-37-28(21(17)14-33)27(36)19(3)26-24(38-20(4)34)13-30(6)25-8-7-22-18(2)23(35)9-10-31(22)16-32(25,31)12-11-29(26,30)5/h11-12,18,20-21,24,26-28,30,35H,2,9-10,13-17H2,1,3-8H3;2*9-10,17-19,21-22,24-26,28H,7-8,11-16H2,1-6H3/t18-,20-,21-,24-,26-,27-,28-,30+,31+,32-,33+,34-;17?,18-,19-,21?,22?,24-,25?,26-,28?,29+,30-,31+,32-;17-,18-,19-,21-,22-,24-,25-,26-,28-,29+,30-,31+,32-/m000/s1. The van der Waals surface area contributed by atoms with E-state index in [1.165, 1.54) is 40.5 Å². The second kappa shape index (κ2) is 29.8. The zero-order valence-electron chi connectivity index (χ0n) is 73.7. The molecule has 17 aliphatic rings. The van der Waals surface area contributed by atoms with Crippen molar-refractivity contribution in [2.45, 2.75) is 284 Å². The fraction of sp³-hybridized carbons (Fsp3) is 0.816. The summed E-state index contributed by atoms with van der Waals surface area (Å²) in [5.74, 6) is 1.83. The van der Waals surface area contributed by atoms with E-state index in [0.717, 1.165) is 96.3 Å². The third kappa shape index (κ3) is 12.2. The third-order valence-corrected chi connectivity index (χ3v) is 40.7. The van der Waals surface area contributed by atoms with Crippen LogP contribution in [-0.4, -0.2) is 132 Å². The maximum atomic E-state index is 14.0. The second-order valence-corrected chi connectivity index (χ2v) is 44.5. The van der Waals surface area contributed by atoms with Gasteiger partial charge in [0.2, 0.25) is 0 Å². The van der Waals surface area contributed by atoms with E-state index in [4.69, 9.17) is 51.6 Å². The van der Waals surface area contributed by atoms with Crippen LogP contribution in [0.4, 0.5) is 0 Å². The smallest absolute Gasteiger partial charge is 0.303 e. The van der Waals surface area contributed by atoms with E-state index < -0.39 is 42.2 Å². The number of fused-ring (bicyclic) bond motifs is 6. The predicted octanol–water partition coefficient (Wildman–Crippen LogP) is 17.3. The number of hydrogen-bond acceptors (Lipinski definition) is 17. The van der Waals surface area contributed by atoms with Gasteiger partial charge in [-0.25, -0.2) is 0 Å². The van der Waals surface area contributed by atoms with Crippen LogP contribution in [0.2, 0.25) is 0 Å². The maximum Gasteiger partial charge on any atom is 0.303 e. The van der Waals surface area contributed by atoms with Gasteiger partial charge in [0, 0.05) is 117 Å². The van der Waals surface area contributed by atoms with Crippen LogP contribution in [0.25, 0.3) is 0 Å². The molecule has 14 fully saturated rings. The molecular formula is C98H138Cl2O17. The molecule has 38 atom stereocenters. The molecule has 17 rings (SSSR count). The van der Waals surface area contributed by atoms with E-state index in [2.05, 4.69) is 115 Å². The molecule has 6 spiro atoms. The van der Waals surface area contributed by atoms with Crippen molar-refractivity contribution < 1.29 is 81.5 Å². The highest BCUT2D eigenvalue weighted by Gasteiger charge is 2.86. The molecule has 1 N–H and O–H groups in total. The summed E-state index contributed by atoms with van der Waals surface area (Å²) in [5.41, 5.74) is 0.389. The first kappa shape index (κ1) is 87.2. The number of aliphatic hydroxyl groups excluding tert-OH is 1. The number of carbonyl (C=O) groups is 10. The van der Waals surface area contributed by atoms with Gasteiger partial charge in [-0.1, -0.05) is 129 Å². The SMILES string of the molecule is C=C(C(=O)[C@H](OC(C)=O)[C@@H](C)[C@H]1[C@@H](OC(C)=O)C[C@@]2(C)[C@@H]3CC[C@H]4[C@H](C)C(=O)C=C[C@@]45C[C@@]35CC[C@]12C)[C@@H](C)CO.CC(=O)O[C@H]1C[C@@]2(C)C3CCC4[C@H](C)C(=O)C=C[C@@]45C[C@@]35CC[C@]2(C)[C@H]1[C@H](C)C(=O)C1OCC(C)C1CCl.CC(=O)O[C@H]1C[C@@]2(C)[C@@H]3CC[C@H]4[C@H](C)C(=O)C=C[C@@]45C[C@@]35CC[C@]2(C)[C@H]1[C@H](C)C(=O)[C@H]1OC[C@H](C)[C@@H]1CCl. The van der Waals surface area contributed by atoms with Crippen LogP contribution in [-0.2, 0) is 76.4 Å². The number of ether oxygens (including phenoxy) is 6. The van der Waals surface area contributed by atoms with Crippen molar-refractivity contribution in [2.24, 2.45) is 183 Å². The third-order valence-electron chi connectivity index (χ3n) is 40.0. The van der Waals surface area contributed by atoms with Crippen molar-refractivity contribution in [2.75, 3.05) is 31.6 Å². The number of allylic oxidation sites excluding steroid dienone is 6. The molecule has 0 aromatic carbocycles. The van der Waals surface area contributed by atoms with E-state index in [-0.39, 0.29) is 213 Å². The molecule has 5 unspecified atom stereocenters. The molecule has 12 saturated carbocycles. The Morgan fingerprint density at radius 1 is 0.479 bits per heavy atom. The van der Waals surface area contributed by atoms with Crippen molar-refractivity contribution in [3.8, 4) is 0 Å². The predicted molar refractivity (Wildman–Crippen MR) is 444 cm³/mol. The minimum atomic E-state index is -1.08. The van der Waals surface area contributed by atoms with Crippen molar-refractivity contribution in [1.82, 2.24) is 0 Å². The van der Waals surface area contributed by atoms with E-state index >= 15 is 0 Å². The van der Waals surface area contributed by atoms with E-state index in [1.807, 2.05) is 25.2 Å². The lowest BCUT2D eigenvalue weighted by molar-refractivity contribution is -0.166. The number of aliphatic hydroxyl groups is 1. The van der Waals surface area contributed by atoms with Crippen molar-refractivity contribution in [1.29, 1.82) is 0 Å². The first-order chi connectivity index (χ1) is 54.8. The lowest BCUT2D eigenvalue weighted by Crippen LogP contribution is -2.56. The summed E-state index contributed by atoms with van der Waals surface area (Å²) in [6.07, 6.45) is 27.9. The molecule has 2 aliphatic heterocycles. The number of ketones is 6. The van der Waals surface area contributed by atoms with Gasteiger partial charge in [0.1, 0.15) is 30.5 Å². The minimum absolute atomic E-state index is 0.0263. The van der Waals surface area contributed by atoms with Gasteiger partial charge in [-0.2, -0.15) is 0 Å². The number of halogens is 2. The quantitative estimate of drug-likeness (QED) is 0.0580. The molecule has 0 aromatic heterocycles. The van der Waals surface area contributed by atoms with Crippen molar-refractivity contribution in [3.05, 3.63) is 48.6 Å². The average molecular weight is 1660 g/mol. The van der Waals surface area contributed by atoms with Crippen molar-refractivity contribution in [3.63, 3.8) is 0 Å². The number of Topliss-reactive ketones (excluding diaryl/α,β-unsaturated/α-hetero) is 3.